The zero-order valence-corrected chi connectivity index (χ0v) is 12.5. The molecule has 1 spiro atoms. The van der Waals surface area contributed by atoms with Crippen LogP contribution in [0.5, 0.6) is 0 Å². The van der Waals surface area contributed by atoms with E-state index >= 15 is 0 Å². The first-order valence-electron chi connectivity index (χ1n) is 6.74. The predicted octanol–water partition coefficient (Wildman–Crippen LogP) is 3.91. The molecule has 1 saturated heterocycles. The van der Waals surface area contributed by atoms with Gasteiger partial charge in [0.05, 0.1) is 15.5 Å². The predicted molar refractivity (Wildman–Crippen MR) is 77.5 cm³/mol. The number of halogens is 2. The van der Waals surface area contributed by atoms with E-state index in [9.17, 15) is 9.90 Å². The Labute approximate surface area is 127 Å². The van der Waals surface area contributed by atoms with Crippen LogP contribution in [0.25, 0.3) is 0 Å². The minimum atomic E-state index is -0.814. The smallest absolute Gasteiger partial charge is 0.314 e. The van der Waals surface area contributed by atoms with Gasteiger partial charge >= 0.3 is 5.97 Å². The van der Waals surface area contributed by atoms with Gasteiger partial charge in [0.2, 0.25) is 0 Å². The number of carboxylic acids is 1. The lowest BCUT2D eigenvalue weighted by molar-refractivity contribution is -0.160. The van der Waals surface area contributed by atoms with Crippen molar-refractivity contribution >= 4 is 29.2 Å². The van der Waals surface area contributed by atoms with Gasteiger partial charge in [0, 0.05) is 13.2 Å². The van der Waals surface area contributed by atoms with E-state index in [0.29, 0.717) is 22.9 Å². The largest absolute Gasteiger partial charge is 0.481 e. The average Bonchev–Trinajstić information content (AvgIpc) is 2.39. The summed E-state index contributed by atoms with van der Waals surface area (Å²) in [6.07, 6.45) is 3.22. The summed E-state index contributed by atoms with van der Waals surface area (Å²) in [5, 5.41) is 10.6. The van der Waals surface area contributed by atoms with Crippen LogP contribution in [0.3, 0.4) is 0 Å². The summed E-state index contributed by atoms with van der Waals surface area (Å²) in [5.41, 5.74) is 0.0745. The number of aliphatic carboxylic acids is 1. The third-order valence-corrected chi connectivity index (χ3v) is 5.53. The molecule has 0 aromatic heterocycles. The highest BCUT2D eigenvalue weighted by molar-refractivity contribution is 6.42. The molecule has 2 fully saturated rings. The lowest BCUT2D eigenvalue weighted by Gasteiger charge is -2.56. The van der Waals surface area contributed by atoms with Crippen LogP contribution >= 0.6 is 23.2 Å². The maximum atomic E-state index is 11.8. The topological polar surface area (TPSA) is 46.5 Å². The molecule has 1 aromatic carbocycles. The summed E-state index contributed by atoms with van der Waals surface area (Å²) >= 11 is 12.0. The third-order valence-electron chi connectivity index (χ3n) is 4.79. The van der Waals surface area contributed by atoms with Gasteiger partial charge in [0.25, 0.3) is 0 Å². The Kier molecular flexibility index (Phi) is 3.47. The van der Waals surface area contributed by atoms with Crippen molar-refractivity contribution in [3.63, 3.8) is 0 Å². The van der Waals surface area contributed by atoms with Crippen molar-refractivity contribution in [2.45, 2.75) is 31.1 Å². The van der Waals surface area contributed by atoms with Crippen molar-refractivity contribution in [1.82, 2.24) is 0 Å². The van der Waals surface area contributed by atoms with Gasteiger partial charge in [-0.15, -0.1) is 0 Å². The summed E-state index contributed by atoms with van der Waals surface area (Å²) in [4.78, 5) is 11.8. The molecule has 1 heterocycles. The second-order valence-corrected chi connectivity index (χ2v) is 6.80. The zero-order valence-electron chi connectivity index (χ0n) is 11.0. The van der Waals surface area contributed by atoms with Gasteiger partial charge in [-0.1, -0.05) is 29.3 Å². The van der Waals surface area contributed by atoms with Crippen LogP contribution in [0.2, 0.25) is 10.0 Å². The molecule has 20 heavy (non-hydrogen) atoms. The molecule has 3 rings (SSSR count). The summed E-state index contributed by atoms with van der Waals surface area (Å²) in [7, 11) is 0. The SMILES string of the molecule is O=C(O)C1(c2ccc(Cl)c(Cl)c2)CC2(CCOCC2)C1. The van der Waals surface area contributed by atoms with Crippen molar-refractivity contribution in [2.24, 2.45) is 5.41 Å². The van der Waals surface area contributed by atoms with Crippen LogP contribution in [0, 0.1) is 5.41 Å². The van der Waals surface area contributed by atoms with Crippen LogP contribution in [0.15, 0.2) is 18.2 Å². The van der Waals surface area contributed by atoms with Crippen LogP contribution in [0.1, 0.15) is 31.2 Å². The first-order chi connectivity index (χ1) is 9.47. The highest BCUT2D eigenvalue weighted by atomic mass is 35.5. The maximum absolute atomic E-state index is 11.8. The molecule has 2 aliphatic rings. The summed E-state index contributed by atoms with van der Waals surface area (Å²) in [5.74, 6) is -0.770. The first kappa shape index (κ1) is 14.2. The van der Waals surface area contributed by atoms with E-state index in [1.165, 1.54) is 0 Å². The van der Waals surface area contributed by atoms with Gasteiger partial charge in [-0.3, -0.25) is 4.79 Å². The fourth-order valence-corrected chi connectivity index (χ4v) is 3.96. The molecule has 1 aromatic rings. The standard InChI is InChI=1S/C15H16Cl2O3/c16-11-2-1-10(7-12(11)17)15(13(18)19)8-14(9-15)3-5-20-6-4-14/h1-2,7H,3-6,8-9H2,(H,18,19). The molecular formula is C15H16Cl2O3. The number of carbonyl (C=O) groups is 1. The van der Waals surface area contributed by atoms with Gasteiger partial charge < -0.3 is 9.84 Å². The van der Waals surface area contributed by atoms with E-state index in [-0.39, 0.29) is 5.41 Å². The first-order valence-corrected chi connectivity index (χ1v) is 7.50. The zero-order chi connectivity index (χ0) is 14.4. The molecule has 0 atom stereocenters. The van der Waals surface area contributed by atoms with Crippen molar-refractivity contribution in [3.8, 4) is 0 Å². The van der Waals surface area contributed by atoms with E-state index in [0.717, 1.165) is 31.6 Å². The number of hydrogen-bond donors (Lipinski definition) is 1. The molecule has 1 saturated carbocycles. The van der Waals surface area contributed by atoms with E-state index in [4.69, 9.17) is 27.9 Å². The van der Waals surface area contributed by atoms with E-state index < -0.39 is 11.4 Å². The van der Waals surface area contributed by atoms with Crippen molar-refractivity contribution < 1.29 is 14.6 Å². The van der Waals surface area contributed by atoms with Crippen LogP contribution in [-0.2, 0) is 14.9 Å². The van der Waals surface area contributed by atoms with Gasteiger partial charge in [-0.2, -0.15) is 0 Å². The molecule has 0 radical (unpaired) electrons. The van der Waals surface area contributed by atoms with Crippen molar-refractivity contribution in [2.75, 3.05) is 13.2 Å². The van der Waals surface area contributed by atoms with Gasteiger partial charge in [-0.05, 0) is 48.8 Å². The number of ether oxygens (including phenoxy) is 1. The molecule has 0 unspecified atom stereocenters. The number of rotatable bonds is 2. The fourth-order valence-electron chi connectivity index (χ4n) is 3.66. The highest BCUT2D eigenvalue weighted by Gasteiger charge is 2.59. The fraction of sp³-hybridized carbons (Fsp3) is 0.533. The van der Waals surface area contributed by atoms with Crippen LogP contribution in [0.4, 0.5) is 0 Å². The number of benzene rings is 1. The number of hydrogen-bond acceptors (Lipinski definition) is 2. The monoisotopic (exact) mass is 314 g/mol. The molecule has 1 aliphatic heterocycles. The maximum Gasteiger partial charge on any atom is 0.314 e. The van der Waals surface area contributed by atoms with Crippen molar-refractivity contribution in [1.29, 1.82) is 0 Å². The Hall–Kier alpha value is -0.770. The second-order valence-electron chi connectivity index (χ2n) is 5.98. The minimum absolute atomic E-state index is 0.128. The lowest BCUT2D eigenvalue weighted by atomic mass is 9.48. The van der Waals surface area contributed by atoms with Crippen LogP contribution < -0.4 is 0 Å². The Morgan fingerprint density at radius 3 is 2.35 bits per heavy atom. The lowest BCUT2D eigenvalue weighted by Crippen LogP contribution is -2.56. The minimum Gasteiger partial charge on any atom is -0.481 e. The summed E-state index contributed by atoms with van der Waals surface area (Å²) < 4.78 is 5.38. The molecule has 0 amide bonds. The van der Waals surface area contributed by atoms with E-state index in [1.807, 2.05) is 0 Å². The average molecular weight is 315 g/mol. The number of carboxylic acid groups (broad SMARTS) is 1. The van der Waals surface area contributed by atoms with E-state index in [1.54, 1.807) is 18.2 Å². The molecule has 1 N–H and O–H groups in total. The third kappa shape index (κ3) is 2.12. The van der Waals surface area contributed by atoms with Gasteiger partial charge in [0.1, 0.15) is 0 Å². The molecule has 108 valence electrons. The second kappa shape index (κ2) is 4.90. The summed E-state index contributed by atoms with van der Waals surface area (Å²) in [6, 6.07) is 5.16. The normalized spacial score (nSPS) is 23.3. The van der Waals surface area contributed by atoms with Gasteiger partial charge in [0.15, 0.2) is 0 Å². The van der Waals surface area contributed by atoms with Gasteiger partial charge in [-0.25, -0.2) is 0 Å². The highest BCUT2D eigenvalue weighted by Crippen LogP contribution is 2.60. The van der Waals surface area contributed by atoms with Crippen molar-refractivity contribution in [3.05, 3.63) is 33.8 Å². The Balaban J connectivity index is 1.91. The summed E-state index contributed by atoms with van der Waals surface area (Å²) in [6.45, 7) is 1.47. The Bertz CT molecular complexity index is 542. The molecule has 0 bridgehead atoms. The molecular weight excluding hydrogens is 299 g/mol. The quantitative estimate of drug-likeness (QED) is 0.900. The Morgan fingerprint density at radius 1 is 1.15 bits per heavy atom. The molecule has 3 nitrogen and oxygen atoms in total. The molecule has 1 aliphatic carbocycles. The van der Waals surface area contributed by atoms with E-state index in [2.05, 4.69) is 0 Å². The van der Waals surface area contributed by atoms with Crippen LogP contribution in [-0.4, -0.2) is 24.3 Å². The molecule has 5 heteroatoms. The Morgan fingerprint density at radius 2 is 1.80 bits per heavy atom.